The summed E-state index contributed by atoms with van der Waals surface area (Å²) in [5.41, 5.74) is 2.28. The Bertz CT molecular complexity index is 892. The number of carbonyl (C=O) groups excluding carboxylic acids is 1. The van der Waals surface area contributed by atoms with Gasteiger partial charge in [0, 0.05) is 44.4 Å². The lowest BCUT2D eigenvalue weighted by atomic mass is 10.0. The summed E-state index contributed by atoms with van der Waals surface area (Å²) in [6.45, 7) is 6.03. The van der Waals surface area contributed by atoms with Crippen LogP contribution >= 0.6 is 11.6 Å². The van der Waals surface area contributed by atoms with E-state index in [1.165, 1.54) is 0 Å². The Balaban J connectivity index is 1.56. The summed E-state index contributed by atoms with van der Waals surface area (Å²) in [7, 11) is 0. The van der Waals surface area contributed by atoms with E-state index in [0.717, 1.165) is 11.4 Å². The van der Waals surface area contributed by atoms with Gasteiger partial charge < -0.3 is 9.64 Å². The lowest BCUT2D eigenvalue weighted by Gasteiger charge is -2.34. The van der Waals surface area contributed by atoms with Crippen LogP contribution in [0.3, 0.4) is 0 Å². The third kappa shape index (κ3) is 6.46. The van der Waals surface area contributed by atoms with Gasteiger partial charge in [0.1, 0.15) is 6.61 Å². The minimum Gasteiger partial charge on any atom is -0.372 e. The van der Waals surface area contributed by atoms with E-state index in [4.69, 9.17) is 11.6 Å². The van der Waals surface area contributed by atoms with Crippen LogP contribution < -0.4 is 0 Å². The first-order valence-electron chi connectivity index (χ1n) is 10.7. The van der Waals surface area contributed by atoms with Gasteiger partial charge in [0.05, 0.1) is 23.1 Å². The van der Waals surface area contributed by atoms with E-state index >= 15 is 0 Å². The van der Waals surface area contributed by atoms with Gasteiger partial charge in [0.25, 0.3) is 5.91 Å². The largest absolute Gasteiger partial charge is 0.411 e. The fraction of sp³-hybridized carbons (Fsp3) is 0.545. The number of benzene rings is 1. The zero-order valence-electron chi connectivity index (χ0n) is 18.2. The summed E-state index contributed by atoms with van der Waals surface area (Å²) in [5.74, 6) is 0.0344. The normalized spacial score (nSPS) is 15.5. The van der Waals surface area contributed by atoms with Crippen molar-refractivity contribution in [2.45, 2.75) is 32.4 Å². The maximum atomic E-state index is 13.2. The fourth-order valence-electron chi connectivity index (χ4n) is 3.79. The van der Waals surface area contributed by atoms with Crippen molar-refractivity contribution in [2.75, 3.05) is 45.9 Å². The quantitative estimate of drug-likeness (QED) is 0.535. The molecule has 2 heterocycles. The zero-order valence-corrected chi connectivity index (χ0v) is 19.0. The number of halogens is 4. The molecule has 3 rings (SSSR count). The van der Waals surface area contributed by atoms with Crippen LogP contribution in [0.25, 0.3) is 5.69 Å². The highest BCUT2D eigenvalue weighted by molar-refractivity contribution is 6.30. The first-order chi connectivity index (χ1) is 15.2. The van der Waals surface area contributed by atoms with Crippen molar-refractivity contribution in [3.63, 3.8) is 0 Å². The highest BCUT2D eigenvalue weighted by Gasteiger charge is 2.28. The van der Waals surface area contributed by atoms with Crippen LogP contribution in [0, 0.1) is 0 Å². The van der Waals surface area contributed by atoms with Crippen molar-refractivity contribution in [3.05, 3.63) is 46.7 Å². The molecule has 0 radical (unpaired) electrons. The molecule has 0 unspecified atom stereocenters. The number of nitrogens with zero attached hydrogens (tertiary/aromatic N) is 4. The van der Waals surface area contributed by atoms with E-state index in [-0.39, 0.29) is 18.4 Å². The monoisotopic (exact) mass is 472 g/mol. The molecule has 10 heteroatoms. The SMILES string of the molecule is CC(C)c1c(C(=O)N2CCN(CCCOCC(F)(F)F)CC2)cnn1-c1ccc(Cl)cc1. The first kappa shape index (κ1) is 24.5. The van der Waals surface area contributed by atoms with Gasteiger partial charge in [-0.05, 0) is 36.6 Å². The predicted octanol–water partition coefficient (Wildman–Crippen LogP) is 4.38. The van der Waals surface area contributed by atoms with Gasteiger partial charge in [-0.2, -0.15) is 18.3 Å². The summed E-state index contributed by atoms with van der Waals surface area (Å²) in [5, 5.41) is 5.10. The molecule has 0 N–H and O–H groups in total. The molecule has 0 spiro atoms. The second kappa shape index (κ2) is 10.7. The number of hydrogen-bond donors (Lipinski definition) is 0. The van der Waals surface area contributed by atoms with Crippen molar-refractivity contribution in [1.29, 1.82) is 0 Å². The van der Waals surface area contributed by atoms with Crippen LogP contribution in [0.15, 0.2) is 30.5 Å². The van der Waals surface area contributed by atoms with Gasteiger partial charge in [0.15, 0.2) is 0 Å². The number of carbonyl (C=O) groups is 1. The third-order valence-electron chi connectivity index (χ3n) is 5.34. The van der Waals surface area contributed by atoms with E-state index in [1.54, 1.807) is 23.0 Å². The van der Waals surface area contributed by atoms with E-state index < -0.39 is 12.8 Å². The van der Waals surface area contributed by atoms with Gasteiger partial charge in [-0.3, -0.25) is 9.69 Å². The molecule has 1 aromatic heterocycles. The van der Waals surface area contributed by atoms with Crippen LogP contribution in [0.1, 0.15) is 42.2 Å². The predicted molar refractivity (Wildman–Crippen MR) is 116 cm³/mol. The van der Waals surface area contributed by atoms with Crippen LogP contribution in [0.4, 0.5) is 13.2 Å². The first-order valence-corrected chi connectivity index (χ1v) is 11.0. The minimum absolute atomic E-state index is 0.0536. The van der Waals surface area contributed by atoms with E-state index in [0.29, 0.717) is 49.7 Å². The maximum Gasteiger partial charge on any atom is 0.411 e. The van der Waals surface area contributed by atoms with Crippen molar-refractivity contribution in [3.8, 4) is 5.69 Å². The topological polar surface area (TPSA) is 50.6 Å². The summed E-state index contributed by atoms with van der Waals surface area (Å²) < 4.78 is 42.8. The highest BCUT2D eigenvalue weighted by atomic mass is 35.5. The molecule has 1 aromatic carbocycles. The number of piperazine rings is 1. The molecule has 0 saturated carbocycles. The van der Waals surface area contributed by atoms with Gasteiger partial charge >= 0.3 is 6.18 Å². The van der Waals surface area contributed by atoms with E-state index in [2.05, 4.69) is 14.7 Å². The molecule has 1 amide bonds. The minimum atomic E-state index is -4.29. The van der Waals surface area contributed by atoms with Crippen molar-refractivity contribution in [1.82, 2.24) is 19.6 Å². The second-order valence-electron chi connectivity index (χ2n) is 8.14. The zero-order chi connectivity index (χ0) is 23.3. The second-order valence-corrected chi connectivity index (χ2v) is 8.58. The average Bonchev–Trinajstić information content (AvgIpc) is 3.18. The molecule has 0 bridgehead atoms. The molecule has 6 nitrogen and oxygen atoms in total. The van der Waals surface area contributed by atoms with Crippen molar-refractivity contribution < 1.29 is 22.7 Å². The standard InChI is InChI=1S/C22H28ClF3N4O2/c1-16(2)20-19(14-27-30(20)18-6-4-17(23)5-7-18)21(31)29-11-9-28(10-12-29)8-3-13-32-15-22(24,25)26/h4-7,14,16H,3,8-13,15H2,1-2H3. The van der Waals surface area contributed by atoms with Crippen LogP contribution in [0.5, 0.6) is 0 Å². The highest BCUT2D eigenvalue weighted by Crippen LogP contribution is 2.25. The van der Waals surface area contributed by atoms with Crippen molar-refractivity contribution >= 4 is 17.5 Å². The Morgan fingerprint density at radius 1 is 1.16 bits per heavy atom. The number of aromatic nitrogens is 2. The molecular formula is C22H28ClF3N4O2. The van der Waals surface area contributed by atoms with Gasteiger partial charge in [-0.25, -0.2) is 4.68 Å². The van der Waals surface area contributed by atoms with Crippen LogP contribution in [-0.4, -0.2) is 77.6 Å². The lowest BCUT2D eigenvalue weighted by molar-refractivity contribution is -0.174. The number of rotatable bonds is 8. The van der Waals surface area contributed by atoms with E-state index in [9.17, 15) is 18.0 Å². The number of amides is 1. The molecule has 1 fully saturated rings. The smallest absolute Gasteiger partial charge is 0.372 e. The van der Waals surface area contributed by atoms with E-state index in [1.807, 2.05) is 30.9 Å². The van der Waals surface area contributed by atoms with Gasteiger partial charge in [0.2, 0.25) is 0 Å². The molecule has 1 saturated heterocycles. The van der Waals surface area contributed by atoms with Gasteiger partial charge in [-0.1, -0.05) is 25.4 Å². The molecule has 1 aliphatic heterocycles. The molecule has 0 atom stereocenters. The Morgan fingerprint density at radius 2 is 1.81 bits per heavy atom. The summed E-state index contributed by atoms with van der Waals surface area (Å²) >= 11 is 5.99. The van der Waals surface area contributed by atoms with Crippen LogP contribution in [-0.2, 0) is 4.74 Å². The molecule has 1 aliphatic rings. The summed E-state index contributed by atoms with van der Waals surface area (Å²) in [6, 6.07) is 7.31. The summed E-state index contributed by atoms with van der Waals surface area (Å²) in [6.07, 6.45) is -2.14. The van der Waals surface area contributed by atoms with Crippen molar-refractivity contribution in [2.24, 2.45) is 0 Å². The lowest BCUT2D eigenvalue weighted by Crippen LogP contribution is -2.49. The Hall–Kier alpha value is -2.10. The third-order valence-corrected chi connectivity index (χ3v) is 5.60. The Morgan fingerprint density at radius 3 is 2.41 bits per heavy atom. The number of alkyl halides is 3. The fourth-order valence-corrected chi connectivity index (χ4v) is 3.92. The molecule has 32 heavy (non-hydrogen) atoms. The molecular weight excluding hydrogens is 445 g/mol. The van der Waals surface area contributed by atoms with Crippen LogP contribution in [0.2, 0.25) is 5.02 Å². The average molecular weight is 473 g/mol. The number of hydrogen-bond acceptors (Lipinski definition) is 4. The molecule has 2 aromatic rings. The maximum absolute atomic E-state index is 13.2. The van der Waals surface area contributed by atoms with Gasteiger partial charge in [-0.15, -0.1) is 0 Å². The Kier molecular flexibility index (Phi) is 8.19. The molecule has 0 aliphatic carbocycles. The number of ether oxygens (including phenoxy) is 1. The Labute approximate surface area is 190 Å². The molecule has 176 valence electrons. The summed E-state index contributed by atoms with van der Waals surface area (Å²) in [4.78, 5) is 17.2.